The molecule has 0 radical (unpaired) electrons. The summed E-state index contributed by atoms with van der Waals surface area (Å²) in [5.41, 5.74) is 9.91. The van der Waals surface area contributed by atoms with Crippen molar-refractivity contribution in [3.8, 4) is 5.82 Å². The second-order valence-corrected chi connectivity index (χ2v) is 4.82. The summed E-state index contributed by atoms with van der Waals surface area (Å²) in [5, 5.41) is 4.10. The Labute approximate surface area is 100 Å². The van der Waals surface area contributed by atoms with Crippen molar-refractivity contribution in [2.45, 2.75) is 39.2 Å². The van der Waals surface area contributed by atoms with Gasteiger partial charge in [0.15, 0.2) is 5.82 Å². The van der Waals surface area contributed by atoms with Crippen molar-refractivity contribution in [1.82, 2.24) is 9.72 Å². The van der Waals surface area contributed by atoms with Crippen LogP contribution >= 0.6 is 0 Å². The molecule has 1 aliphatic carbocycles. The van der Waals surface area contributed by atoms with Gasteiger partial charge in [-0.1, -0.05) is 5.16 Å². The third kappa shape index (κ3) is 1.60. The number of nitrogens with zero attached hydrogens (tertiary/aromatic N) is 2. The molecule has 0 saturated heterocycles. The highest BCUT2D eigenvalue weighted by molar-refractivity contribution is 5.40. The number of aromatic nitrogens is 2. The molecule has 3 rings (SSSR count). The molecular formula is C13H17N3O. The van der Waals surface area contributed by atoms with Gasteiger partial charge in [-0.15, -0.1) is 0 Å². The first-order valence-electron chi connectivity index (χ1n) is 6.07. The Morgan fingerprint density at radius 3 is 2.94 bits per heavy atom. The van der Waals surface area contributed by atoms with Gasteiger partial charge >= 0.3 is 0 Å². The minimum Gasteiger partial charge on any atom is -0.360 e. The lowest BCUT2D eigenvalue weighted by Crippen LogP contribution is -2.18. The molecule has 1 unspecified atom stereocenters. The molecule has 0 aliphatic heterocycles. The number of fused-ring (bicyclic) bond motifs is 1. The van der Waals surface area contributed by atoms with E-state index in [9.17, 15) is 0 Å². The van der Waals surface area contributed by atoms with E-state index in [0.717, 1.165) is 30.8 Å². The first-order chi connectivity index (χ1) is 8.16. The van der Waals surface area contributed by atoms with E-state index < -0.39 is 0 Å². The van der Waals surface area contributed by atoms with Crippen LogP contribution in [0.25, 0.3) is 5.82 Å². The molecule has 4 nitrogen and oxygen atoms in total. The molecule has 0 spiro atoms. The molecule has 0 bridgehead atoms. The van der Waals surface area contributed by atoms with E-state index in [2.05, 4.69) is 22.7 Å². The summed E-state index contributed by atoms with van der Waals surface area (Å²) in [6.45, 7) is 4.00. The zero-order chi connectivity index (χ0) is 12.0. The normalized spacial score (nSPS) is 19.4. The van der Waals surface area contributed by atoms with Crippen LogP contribution < -0.4 is 5.73 Å². The molecule has 4 heteroatoms. The van der Waals surface area contributed by atoms with Crippen molar-refractivity contribution in [3.63, 3.8) is 0 Å². The summed E-state index contributed by atoms with van der Waals surface area (Å²) in [6.07, 6.45) is 3.30. The van der Waals surface area contributed by atoms with Gasteiger partial charge in [-0.25, -0.2) is 0 Å². The molecule has 0 fully saturated rings. The standard InChI is InChI=1S/C13H17N3O/c1-8-6-10-11(14)4-3-5-12(10)16(8)13-7-9(2)17-15-13/h6-7,11H,3-5,14H2,1-2H3. The first kappa shape index (κ1) is 10.6. The Balaban J connectivity index is 2.17. The van der Waals surface area contributed by atoms with Gasteiger partial charge in [0.25, 0.3) is 0 Å². The van der Waals surface area contributed by atoms with E-state index in [1.807, 2.05) is 13.0 Å². The average molecular weight is 231 g/mol. The zero-order valence-corrected chi connectivity index (χ0v) is 10.2. The molecule has 90 valence electrons. The summed E-state index contributed by atoms with van der Waals surface area (Å²) < 4.78 is 7.33. The van der Waals surface area contributed by atoms with Crippen LogP contribution in [0.3, 0.4) is 0 Å². The number of rotatable bonds is 1. The quantitative estimate of drug-likeness (QED) is 0.820. The maximum absolute atomic E-state index is 6.15. The van der Waals surface area contributed by atoms with E-state index in [1.165, 1.54) is 17.0 Å². The number of aryl methyl sites for hydroxylation is 2. The SMILES string of the molecule is Cc1cc(-n2c(C)cc3c2CCCC3N)no1. The molecule has 0 saturated carbocycles. The van der Waals surface area contributed by atoms with Crippen LogP contribution in [0.2, 0.25) is 0 Å². The largest absolute Gasteiger partial charge is 0.360 e. The molecule has 1 aliphatic rings. The minimum atomic E-state index is 0.173. The van der Waals surface area contributed by atoms with Crippen LogP contribution in [-0.2, 0) is 6.42 Å². The molecule has 1 atom stereocenters. The summed E-state index contributed by atoms with van der Waals surface area (Å²) in [4.78, 5) is 0. The maximum Gasteiger partial charge on any atom is 0.180 e. The lowest BCUT2D eigenvalue weighted by atomic mass is 9.93. The Hall–Kier alpha value is -1.55. The fourth-order valence-electron chi connectivity index (χ4n) is 2.71. The van der Waals surface area contributed by atoms with Crippen molar-refractivity contribution < 1.29 is 4.52 Å². The highest BCUT2D eigenvalue weighted by Gasteiger charge is 2.23. The average Bonchev–Trinajstić information content (AvgIpc) is 2.82. The predicted molar refractivity (Wildman–Crippen MR) is 65.2 cm³/mol. The fraction of sp³-hybridized carbons (Fsp3) is 0.462. The second kappa shape index (κ2) is 3.74. The topological polar surface area (TPSA) is 57.0 Å². The Morgan fingerprint density at radius 2 is 2.24 bits per heavy atom. The van der Waals surface area contributed by atoms with Crippen LogP contribution in [0.1, 0.15) is 41.6 Å². The van der Waals surface area contributed by atoms with E-state index >= 15 is 0 Å². The van der Waals surface area contributed by atoms with Gasteiger partial charge in [-0.2, -0.15) is 0 Å². The van der Waals surface area contributed by atoms with Gasteiger partial charge in [0.2, 0.25) is 0 Å². The number of hydrogen-bond acceptors (Lipinski definition) is 3. The van der Waals surface area contributed by atoms with Gasteiger partial charge in [0, 0.05) is 23.5 Å². The van der Waals surface area contributed by atoms with Crippen molar-refractivity contribution >= 4 is 0 Å². The summed E-state index contributed by atoms with van der Waals surface area (Å²) in [5.74, 6) is 1.71. The van der Waals surface area contributed by atoms with Gasteiger partial charge in [0.1, 0.15) is 5.76 Å². The third-order valence-corrected chi connectivity index (χ3v) is 3.49. The molecule has 2 aromatic heterocycles. The van der Waals surface area contributed by atoms with Crippen LogP contribution in [0.15, 0.2) is 16.7 Å². The minimum absolute atomic E-state index is 0.173. The van der Waals surface area contributed by atoms with Crippen molar-refractivity contribution in [2.75, 3.05) is 0 Å². The van der Waals surface area contributed by atoms with Gasteiger partial charge in [0.05, 0.1) is 0 Å². The van der Waals surface area contributed by atoms with Crippen LogP contribution in [0.5, 0.6) is 0 Å². The predicted octanol–water partition coefficient (Wildman–Crippen LogP) is 2.42. The molecule has 2 N–H and O–H groups in total. The molecule has 0 amide bonds. The van der Waals surface area contributed by atoms with Crippen LogP contribution in [0.4, 0.5) is 0 Å². The van der Waals surface area contributed by atoms with Gasteiger partial charge in [-0.3, -0.25) is 4.57 Å². The molecule has 2 heterocycles. The van der Waals surface area contributed by atoms with Gasteiger partial charge in [-0.05, 0) is 44.7 Å². The van der Waals surface area contributed by atoms with Crippen LogP contribution in [-0.4, -0.2) is 9.72 Å². The Morgan fingerprint density at radius 1 is 1.41 bits per heavy atom. The number of hydrogen-bond donors (Lipinski definition) is 1. The lowest BCUT2D eigenvalue weighted by Gasteiger charge is -2.20. The smallest absolute Gasteiger partial charge is 0.180 e. The molecule has 2 aromatic rings. The summed E-state index contributed by atoms with van der Waals surface area (Å²) in [6, 6.07) is 4.32. The van der Waals surface area contributed by atoms with Crippen molar-refractivity contribution in [3.05, 3.63) is 34.8 Å². The van der Waals surface area contributed by atoms with E-state index in [0.29, 0.717) is 0 Å². The Bertz CT molecular complexity index is 553. The third-order valence-electron chi connectivity index (χ3n) is 3.49. The van der Waals surface area contributed by atoms with E-state index in [-0.39, 0.29) is 6.04 Å². The van der Waals surface area contributed by atoms with Crippen LogP contribution in [0, 0.1) is 13.8 Å². The van der Waals surface area contributed by atoms with Crippen molar-refractivity contribution in [2.24, 2.45) is 5.73 Å². The highest BCUT2D eigenvalue weighted by atomic mass is 16.5. The second-order valence-electron chi connectivity index (χ2n) is 4.82. The fourth-order valence-corrected chi connectivity index (χ4v) is 2.71. The molecule has 0 aromatic carbocycles. The molecule has 17 heavy (non-hydrogen) atoms. The Kier molecular flexibility index (Phi) is 2.33. The summed E-state index contributed by atoms with van der Waals surface area (Å²) >= 11 is 0. The molecular weight excluding hydrogens is 214 g/mol. The lowest BCUT2D eigenvalue weighted by molar-refractivity contribution is 0.394. The monoisotopic (exact) mass is 231 g/mol. The van der Waals surface area contributed by atoms with Gasteiger partial charge < -0.3 is 10.3 Å². The number of nitrogens with two attached hydrogens (primary N) is 1. The van der Waals surface area contributed by atoms with E-state index in [4.69, 9.17) is 10.3 Å². The first-order valence-corrected chi connectivity index (χ1v) is 6.07. The highest BCUT2D eigenvalue weighted by Crippen LogP contribution is 2.32. The summed E-state index contributed by atoms with van der Waals surface area (Å²) in [7, 11) is 0. The van der Waals surface area contributed by atoms with Crippen molar-refractivity contribution in [1.29, 1.82) is 0 Å². The maximum atomic E-state index is 6.15. The zero-order valence-electron chi connectivity index (χ0n) is 10.2. The van der Waals surface area contributed by atoms with E-state index in [1.54, 1.807) is 0 Å².